The second-order valence-electron chi connectivity index (χ2n) is 20.2. The van der Waals surface area contributed by atoms with E-state index >= 15 is 0 Å². The minimum Gasteiger partial charge on any atom is -0.462 e. The zero-order chi connectivity index (χ0) is 50.7. The molecule has 0 aromatic rings. The maximum Gasteiger partial charge on any atom is 0.306 e. The summed E-state index contributed by atoms with van der Waals surface area (Å²) in [6.07, 6.45) is 73.7. The van der Waals surface area contributed by atoms with E-state index in [2.05, 4.69) is 81.5 Å². The molecular formula is C64H114O6. The maximum atomic E-state index is 12.8. The number of unbranched alkanes of at least 4 members (excludes halogenated alkanes) is 34. The first-order valence-corrected chi connectivity index (χ1v) is 30.3. The minimum absolute atomic E-state index is 0.0699. The fourth-order valence-corrected chi connectivity index (χ4v) is 8.77. The van der Waals surface area contributed by atoms with E-state index in [-0.39, 0.29) is 31.1 Å². The smallest absolute Gasteiger partial charge is 0.306 e. The van der Waals surface area contributed by atoms with E-state index in [0.29, 0.717) is 19.3 Å². The first-order valence-electron chi connectivity index (χ1n) is 30.3. The van der Waals surface area contributed by atoms with E-state index in [1.807, 2.05) is 0 Å². The highest BCUT2D eigenvalue weighted by Crippen LogP contribution is 2.17. The lowest BCUT2D eigenvalue weighted by Crippen LogP contribution is -2.30. The molecule has 70 heavy (non-hydrogen) atoms. The second-order valence-corrected chi connectivity index (χ2v) is 20.2. The fourth-order valence-electron chi connectivity index (χ4n) is 8.77. The summed E-state index contributed by atoms with van der Waals surface area (Å²) in [4.78, 5) is 38.1. The predicted molar refractivity (Wildman–Crippen MR) is 302 cm³/mol. The van der Waals surface area contributed by atoms with Crippen LogP contribution >= 0.6 is 0 Å². The topological polar surface area (TPSA) is 78.9 Å². The van der Waals surface area contributed by atoms with Crippen molar-refractivity contribution >= 4 is 17.9 Å². The summed E-state index contributed by atoms with van der Waals surface area (Å²) in [6.45, 7) is 6.55. The fraction of sp³-hybridized carbons (Fsp3) is 0.797. The van der Waals surface area contributed by atoms with E-state index in [4.69, 9.17) is 14.2 Å². The molecule has 0 saturated heterocycles. The van der Waals surface area contributed by atoms with Gasteiger partial charge < -0.3 is 14.2 Å². The molecule has 0 amide bonds. The van der Waals surface area contributed by atoms with Crippen molar-refractivity contribution in [3.63, 3.8) is 0 Å². The monoisotopic (exact) mass is 979 g/mol. The Labute approximate surface area is 434 Å². The van der Waals surface area contributed by atoms with Gasteiger partial charge in [-0.1, -0.05) is 287 Å². The SMILES string of the molecule is CC/C=C\C/C=C\C/C=C\C/C=C\C/C=C\CCCCCCCCCCCCCC(=O)OCC(COC(=O)CCCCCCCCCCCC)OC(=O)CCCCCCCCCCCCCCCCC. The molecule has 1 atom stereocenters. The van der Waals surface area contributed by atoms with Gasteiger partial charge in [0.05, 0.1) is 0 Å². The predicted octanol–water partition coefficient (Wildman–Crippen LogP) is 20.4. The highest BCUT2D eigenvalue weighted by Gasteiger charge is 2.19. The molecule has 0 radical (unpaired) electrons. The van der Waals surface area contributed by atoms with Crippen LogP contribution in [0.4, 0.5) is 0 Å². The summed E-state index contributed by atoms with van der Waals surface area (Å²) < 4.78 is 16.9. The van der Waals surface area contributed by atoms with Crippen LogP contribution in [0.25, 0.3) is 0 Å². The van der Waals surface area contributed by atoms with Gasteiger partial charge in [0, 0.05) is 19.3 Å². The second kappa shape index (κ2) is 58.7. The molecule has 0 N–H and O–H groups in total. The Kier molecular flexibility index (Phi) is 56.3. The normalized spacial score (nSPS) is 12.4. The van der Waals surface area contributed by atoms with Gasteiger partial charge >= 0.3 is 17.9 Å². The summed E-state index contributed by atoms with van der Waals surface area (Å²) in [6, 6.07) is 0. The molecule has 0 aliphatic carbocycles. The quantitative estimate of drug-likeness (QED) is 0.0261. The van der Waals surface area contributed by atoms with Crippen molar-refractivity contribution in [3.8, 4) is 0 Å². The number of rotatable bonds is 55. The van der Waals surface area contributed by atoms with E-state index in [1.165, 1.54) is 180 Å². The van der Waals surface area contributed by atoms with E-state index in [9.17, 15) is 14.4 Å². The van der Waals surface area contributed by atoms with Crippen molar-refractivity contribution in [2.75, 3.05) is 13.2 Å². The molecular weight excluding hydrogens is 865 g/mol. The first-order chi connectivity index (χ1) is 34.5. The maximum absolute atomic E-state index is 12.8. The average Bonchev–Trinajstić information content (AvgIpc) is 3.36. The van der Waals surface area contributed by atoms with Crippen molar-refractivity contribution in [1.29, 1.82) is 0 Å². The molecule has 1 unspecified atom stereocenters. The van der Waals surface area contributed by atoms with Gasteiger partial charge in [-0.05, 0) is 64.2 Å². The molecule has 406 valence electrons. The lowest BCUT2D eigenvalue weighted by Gasteiger charge is -2.18. The summed E-state index contributed by atoms with van der Waals surface area (Å²) >= 11 is 0. The number of esters is 3. The van der Waals surface area contributed by atoms with E-state index in [0.717, 1.165) is 89.9 Å². The van der Waals surface area contributed by atoms with Gasteiger partial charge in [0.15, 0.2) is 6.10 Å². The van der Waals surface area contributed by atoms with Crippen LogP contribution < -0.4 is 0 Å². The molecule has 0 fully saturated rings. The van der Waals surface area contributed by atoms with Crippen molar-refractivity contribution in [3.05, 3.63) is 60.8 Å². The minimum atomic E-state index is -0.770. The summed E-state index contributed by atoms with van der Waals surface area (Å²) in [5.74, 6) is -0.859. The van der Waals surface area contributed by atoms with E-state index < -0.39 is 6.10 Å². The Morgan fingerprint density at radius 2 is 0.557 bits per heavy atom. The molecule has 0 spiro atoms. The Bertz CT molecular complexity index is 1260. The van der Waals surface area contributed by atoms with Gasteiger partial charge in [0.1, 0.15) is 13.2 Å². The van der Waals surface area contributed by atoms with Crippen LogP contribution in [-0.4, -0.2) is 37.2 Å². The number of hydrogen-bond acceptors (Lipinski definition) is 6. The molecule has 0 saturated carbocycles. The molecule has 0 bridgehead atoms. The molecule has 0 heterocycles. The Balaban J connectivity index is 4.19. The number of allylic oxidation sites excluding steroid dienone is 10. The highest BCUT2D eigenvalue weighted by atomic mass is 16.6. The highest BCUT2D eigenvalue weighted by molar-refractivity contribution is 5.71. The summed E-state index contributed by atoms with van der Waals surface area (Å²) in [7, 11) is 0. The van der Waals surface area contributed by atoms with Crippen LogP contribution in [0, 0.1) is 0 Å². The molecule has 0 aliphatic rings. The molecule has 6 nitrogen and oxygen atoms in total. The molecule has 0 rings (SSSR count). The molecule has 0 aromatic heterocycles. The van der Waals surface area contributed by atoms with Gasteiger partial charge in [0.25, 0.3) is 0 Å². The lowest BCUT2D eigenvalue weighted by molar-refractivity contribution is -0.167. The molecule has 0 aliphatic heterocycles. The van der Waals surface area contributed by atoms with Crippen LogP contribution in [-0.2, 0) is 28.6 Å². The molecule has 6 heteroatoms. The third-order valence-electron chi connectivity index (χ3n) is 13.3. The zero-order valence-electron chi connectivity index (χ0n) is 46.5. The molecule has 0 aromatic carbocycles. The number of carbonyl (C=O) groups is 3. The third-order valence-corrected chi connectivity index (χ3v) is 13.3. The number of hydrogen-bond donors (Lipinski definition) is 0. The Morgan fingerprint density at radius 3 is 0.871 bits per heavy atom. The zero-order valence-corrected chi connectivity index (χ0v) is 46.5. The Hall–Kier alpha value is -2.89. The van der Waals surface area contributed by atoms with Crippen LogP contribution in [0.3, 0.4) is 0 Å². The van der Waals surface area contributed by atoms with Crippen molar-refractivity contribution in [1.82, 2.24) is 0 Å². The van der Waals surface area contributed by atoms with Crippen LogP contribution in [0.1, 0.15) is 310 Å². The van der Waals surface area contributed by atoms with Gasteiger partial charge in [0.2, 0.25) is 0 Å². The number of ether oxygens (including phenoxy) is 3. The summed E-state index contributed by atoms with van der Waals surface area (Å²) in [5.41, 5.74) is 0. The van der Waals surface area contributed by atoms with Gasteiger partial charge in [-0.25, -0.2) is 0 Å². The van der Waals surface area contributed by atoms with Gasteiger partial charge in [-0.3, -0.25) is 14.4 Å². The largest absolute Gasteiger partial charge is 0.462 e. The van der Waals surface area contributed by atoms with Crippen LogP contribution in [0.5, 0.6) is 0 Å². The van der Waals surface area contributed by atoms with Crippen molar-refractivity contribution in [2.24, 2.45) is 0 Å². The first kappa shape index (κ1) is 67.1. The average molecular weight is 980 g/mol. The lowest BCUT2D eigenvalue weighted by atomic mass is 10.0. The standard InChI is InChI=1S/C64H114O6/c1-4-7-10-13-16-19-22-24-26-27-28-29-30-31-32-33-34-35-36-37-39-40-42-45-48-51-54-57-63(66)69-60-61(59-68-62(65)56-53-50-47-44-21-18-15-12-9-6-3)70-64(67)58-55-52-49-46-43-41-38-25-23-20-17-14-11-8-5-2/h7,10,16,19,24,26,28-29,31-32,61H,4-6,8-9,11-15,17-18,20-23,25,27,30,33-60H2,1-3H3/b10-7-,19-16-,26-24-,29-28-,32-31-. The van der Waals surface area contributed by atoms with Crippen LogP contribution in [0.15, 0.2) is 60.8 Å². The summed E-state index contributed by atoms with van der Waals surface area (Å²) in [5, 5.41) is 0. The van der Waals surface area contributed by atoms with E-state index in [1.54, 1.807) is 0 Å². The van der Waals surface area contributed by atoms with Crippen molar-refractivity contribution in [2.45, 2.75) is 316 Å². The third kappa shape index (κ3) is 56.0. The van der Waals surface area contributed by atoms with Crippen molar-refractivity contribution < 1.29 is 28.6 Å². The van der Waals surface area contributed by atoms with Gasteiger partial charge in [-0.15, -0.1) is 0 Å². The Morgan fingerprint density at radius 1 is 0.300 bits per heavy atom. The van der Waals surface area contributed by atoms with Gasteiger partial charge in [-0.2, -0.15) is 0 Å². The van der Waals surface area contributed by atoms with Crippen LogP contribution in [0.2, 0.25) is 0 Å². The number of carbonyl (C=O) groups excluding carboxylic acids is 3.